The molecule has 0 atom stereocenters. The fourth-order valence-corrected chi connectivity index (χ4v) is 1.43. The van der Waals surface area contributed by atoms with Gasteiger partial charge >= 0.3 is 6.18 Å². The van der Waals surface area contributed by atoms with Crippen LogP contribution in [0.2, 0.25) is 0 Å². The molecule has 0 N–H and O–H groups in total. The van der Waals surface area contributed by atoms with E-state index >= 15 is 0 Å². The van der Waals surface area contributed by atoms with Gasteiger partial charge in [-0.05, 0) is 12.1 Å². The SMILES string of the molecule is Cn1cc(C(F)(F)F)nc1-c1ccc(F)nc1F. The fourth-order valence-electron chi connectivity index (χ4n) is 1.43. The van der Waals surface area contributed by atoms with Crippen molar-refractivity contribution in [2.45, 2.75) is 6.18 Å². The lowest BCUT2D eigenvalue weighted by molar-refractivity contribution is -0.140. The lowest BCUT2D eigenvalue weighted by Gasteiger charge is -2.02. The Morgan fingerprint density at radius 1 is 1.11 bits per heavy atom. The maximum absolute atomic E-state index is 13.3. The monoisotopic (exact) mass is 263 g/mol. The summed E-state index contributed by atoms with van der Waals surface area (Å²) in [6, 6.07) is 1.83. The van der Waals surface area contributed by atoms with E-state index in [9.17, 15) is 22.0 Å². The van der Waals surface area contributed by atoms with Crippen LogP contribution in [0.5, 0.6) is 0 Å². The van der Waals surface area contributed by atoms with E-state index in [1.165, 1.54) is 7.05 Å². The van der Waals surface area contributed by atoms with Gasteiger partial charge in [0.2, 0.25) is 11.9 Å². The van der Waals surface area contributed by atoms with E-state index in [2.05, 4.69) is 9.97 Å². The van der Waals surface area contributed by atoms with Crippen LogP contribution in [0.4, 0.5) is 22.0 Å². The van der Waals surface area contributed by atoms with Gasteiger partial charge < -0.3 is 4.57 Å². The van der Waals surface area contributed by atoms with Crippen molar-refractivity contribution in [3.8, 4) is 11.4 Å². The molecule has 0 bridgehead atoms. The van der Waals surface area contributed by atoms with Crippen LogP contribution in [0.25, 0.3) is 11.4 Å². The summed E-state index contributed by atoms with van der Waals surface area (Å²) in [5, 5.41) is 0. The van der Waals surface area contributed by atoms with Crippen molar-refractivity contribution >= 4 is 0 Å². The van der Waals surface area contributed by atoms with Crippen LogP contribution in [-0.2, 0) is 13.2 Å². The first-order valence-electron chi connectivity index (χ1n) is 4.72. The molecule has 0 unspecified atom stereocenters. The van der Waals surface area contributed by atoms with Crippen molar-refractivity contribution < 1.29 is 22.0 Å². The van der Waals surface area contributed by atoms with Crippen LogP contribution in [0.3, 0.4) is 0 Å². The van der Waals surface area contributed by atoms with Crippen molar-refractivity contribution in [2.24, 2.45) is 7.05 Å². The number of hydrogen-bond donors (Lipinski definition) is 0. The number of halogens is 5. The zero-order valence-corrected chi connectivity index (χ0v) is 8.96. The van der Waals surface area contributed by atoms with Gasteiger partial charge in [0.15, 0.2) is 5.69 Å². The third kappa shape index (κ3) is 2.18. The van der Waals surface area contributed by atoms with Gasteiger partial charge in [-0.1, -0.05) is 0 Å². The Hall–Kier alpha value is -1.99. The first-order chi connectivity index (χ1) is 8.29. The number of nitrogens with zero attached hydrogens (tertiary/aromatic N) is 3. The highest BCUT2D eigenvalue weighted by Crippen LogP contribution is 2.30. The predicted molar refractivity (Wildman–Crippen MR) is 51.4 cm³/mol. The molecule has 0 amide bonds. The standard InChI is InChI=1S/C10H6F5N3/c1-18-4-6(10(13,14)15)16-9(18)5-2-3-7(11)17-8(5)12/h2-4H,1H3. The topological polar surface area (TPSA) is 30.7 Å². The summed E-state index contributed by atoms with van der Waals surface area (Å²) in [4.78, 5) is 6.17. The Morgan fingerprint density at radius 2 is 1.78 bits per heavy atom. The van der Waals surface area contributed by atoms with Gasteiger partial charge in [-0.2, -0.15) is 26.9 Å². The average molecular weight is 263 g/mol. The molecule has 0 fully saturated rings. The Morgan fingerprint density at radius 3 is 2.28 bits per heavy atom. The number of hydrogen-bond acceptors (Lipinski definition) is 2. The molecular weight excluding hydrogens is 257 g/mol. The van der Waals surface area contributed by atoms with Crippen LogP contribution in [0.15, 0.2) is 18.3 Å². The Balaban J connectivity index is 2.55. The van der Waals surface area contributed by atoms with E-state index in [1.54, 1.807) is 0 Å². The minimum Gasteiger partial charge on any atom is -0.333 e. The van der Waals surface area contributed by atoms with Crippen LogP contribution in [-0.4, -0.2) is 14.5 Å². The summed E-state index contributed by atoms with van der Waals surface area (Å²) in [7, 11) is 1.28. The minimum atomic E-state index is -4.63. The molecule has 0 radical (unpaired) electrons. The molecule has 18 heavy (non-hydrogen) atoms. The number of aromatic nitrogens is 3. The predicted octanol–water partition coefficient (Wildman–Crippen LogP) is 2.78. The van der Waals surface area contributed by atoms with Gasteiger partial charge in [0, 0.05) is 13.2 Å². The highest BCUT2D eigenvalue weighted by atomic mass is 19.4. The second-order valence-corrected chi connectivity index (χ2v) is 3.53. The Bertz CT molecular complexity index is 588. The largest absolute Gasteiger partial charge is 0.434 e. The normalized spacial score (nSPS) is 11.9. The highest BCUT2D eigenvalue weighted by Gasteiger charge is 2.34. The van der Waals surface area contributed by atoms with E-state index in [0.717, 1.165) is 22.9 Å². The van der Waals surface area contributed by atoms with Crippen molar-refractivity contribution in [1.82, 2.24) is 14.5 Å². The minimum absolute atomic E-state index is 0.271. The quantitative estimate of drug-likeness (QED) is 0.585. The van der Waals surface area contributed by atoms with E-state index in [4.69, 9.17) is 0 Å². The van der Waals surface area contributed by atoms with E-state index in [0.29, 0.717) is 0 Å². The first kappa shape index (κ1) is 12.5. The molecule has 8 heteroatoms. The van der Waals surface area contributed by atoms with Gasteiger partial charge in [0.25, 0.3) is 0 Å². The molecule has 0 saturated carbocycles. The van der Waals surface area contributed by atoms with Crippen molar-refractivity contribution in [3.05, 3.63) is 35.9 Å². The van der Waals surface area contributed by atoms with Gasteiger partial charge in [-0.15, -0.1) is 0 Å². The summed E-state index contributed by atoms with van der Waals surface area (Å²) in [6.07, 6.45) is -3.90. The van der Waals surface area contributed by atoms with E-state index in [-0.39, 0.29) is 11.4 Å². The lowest BCUT2D eigenvalue weighted by Crippen LogP contribution is -2.05. The molecule has 2 aromatic heterocycles. The van der Waals surface area contributed by atoms with E-state index < -0.39 is 23.8 Å². The van der Waals surface area contributed by atoms with Gasteiger partial charge in [0.05, 0.1) is 5.56 Å². The van der Waals surface area contributed by atoms with Gasteiger partial charge in [-0.25, -0.2) is 4.98 Å². The van der Waals surface area contributed by atoms with E-state index in [1.807, 2.05) is 0 Å². The van der Waals surface area contributed by atoms with Crippen molar-refractivity contribution in [2.75, 3.05) is 0 Å². The summed E-state index contributed by atoms with van der Waals surface area (Å²) in [6.45, 7) is 0. The second kappa shape index (κ2) is 4.04. The zero-order valence-electron chi connectivity index (χ0n) is 8.96. The Kier molecular flexibility index (Phi) is 2.80. The van der Waals surface area contributed by atoms with Crippen LogP contribution >= 0.6 is 0 Å². The smallest absolute Gasteiger partial charge is 0.333 e. The van der Waals surface area contributed by atoms with Gasteiger partial charge in [-0.3, -0.25) is 0 Å². The van der Waals surface area contributed by atoms with Crippen LogP contribution in [0.1, 0.15) is 5.69 Å². The third-order valence-electron chi connectivity index (χ3n) is 2.22. The summed E-state index contributed by atoms with van der Waals surface area (Å²) in [5.74, 6) is -2.54. The summed E-state index contributed by atoms with van der Waals surface area (Å²) < 4.78 is 64.2. The number of rotatable bonds is 1. The molecule has 0 aliphatic rings. The number of alkyl halides is 3. The molecule has 3 nitrogen and oxygen atoms in total. The maximum Gasteiger partial charge on any atom is 0.434 e. The lowest BCUT2D eigenvalue weighted by atomic mass is 10.2. The number of pyridine rings is 1. The summed E-state index contributed by atoms with van der Waals surface area (Å²) in [5.41, 5.74) is -1.45. The molecule has 2 rings (SSSR count). The number of imidazole rings is 1. The van der Waals surface area contributed by atoms with Crippen molar-refractivity contribution in [3.63, 3.8) is 0 Å². The molecule has 96 valence electrons. The Labute approximate surface area is 97.9 Å². The number of aryl methyl sites for hydroxylation is 1. The highest BCUT2D eigenvalue weighted by molar-refractivity contribution is 5.55. The van der Waals surface area contributed by atoms with Crippen molar-refractivity contribution in [1.29, 1.82) is 0 Å². The zero-order chi connectivity index (χ0) is 13.5. The molecular formula is C10H6F5N3. The molecule has 0 saturated heterocycles. The molecule has 0 spiro atoms. The fraction of sp³-hybridized carbons (Fsp3) is 0.200. The first-order valence-corrected chi connectivity index (χ1v) is 4.72. The molecule has 2 aromatic rings. The van der Waals surface area contributed by atoms with Gasteiger partial charge in [0.1, 0.15) is 5.82 Å². The second-order valence-electron chi connectivity index (χ2n) is 3.53. The maximum atomic E-state index is 13.3. The third-order valence-corrected chi connectivity index (χ3v) is 2.22. The molecule has 2 heterocycles. The van der Waals surface area contributed by atoms with Crippen LogP contribution < -0.4 is 0 Å². The molecule has 0 aliphatic carbocycles. The average Bonchev–Trinajstić information content (AvgIpc) is 2.60. The molecule has 0 aromatic carbocycles. The molecule has 0 aliphatic heterocycles. The van der Waals surface area contributed by atoms with Crippen LogP contribution in [0, 0.1) is 11.9 Å². The summed E-state index contributed by atoms with van der Waals surface area (Å²) >= 11 is 0.